The number of esters is 2. The molecule has 2 aromatic rings. The zero-order valence-electron chi connectivity index (χ0n) is 15.4. The van der Waals surface area contributed by atoms with Crippen molar-refractivity contribution in [2.45, 2.75) is 37.9 Å². The van der Waals surface area contributed by atoms with Crippen LogP contribution in [-0.2, 0) is 31.9 Å². The summed E-state index contributed by atoms with van der Waals surface area (Å²) in [5.74, 6) is -1.15. The summed E-state index contributed by atoms with van der Waals surface area (Å²) in [4.78, 5) is 24.2. The molecule has 0 heterocycles. The number of rotatable bonds is 4. The van der Waals surface area contributed by atoms with E-state index in [0.29, 0.717) is 24.2 Å². The predicted octanol–water partition coefficient (Wildman–Crippen LogP) is 3.17. The zero-order chi connectivity index (χ0) is 19.7. The third-order valence-corrected chi connectivity index (χ3v) is 5.38. The molecule has 2 atom stereocenters. The molecule has 0 bridgehead atoms. The van der Waals surface area contributed by atoms with Crippen molar-refractivity contribution in [3.63, 3.8) is 0 Å². The van der Waals surface area contributed by atoms with Crippen LogP contribution in [0.25, 0.3) is 0 Å². The second kappa shape index (κ2) is 7.38. The average Bonchev–Trinajstić information content (AvgIpc) is 3.27. The van der Waals surface area contributed by atoms with E-state index in [1.54, 1.807) is 0 Å². The molecular weight excluding hydrogens is 356 g/mol. The Morgan fingerprint density at radius 3 is 1.64 bits per heavy atom. The molecule has 2 aliphatic carbocycles. The smallest absolute Gasteiger partial charge is 0.331 e. The maximum atomic E-state index is 12.1. The van der Waals surface area contributed by atoms with Gasteiger partial charge in [-0.05, 0) is 60.1 Å². The lowest BCUT2D eigenvalue weighted by Gasteiger charge is -2.13. The molecule has 28 heavy (non-hydrogen) atoms. The molecule has 0 radical (unpaired) electrons. The number of ether oxygens (including phenoxy) is 2. The third-order valence-electron chi connectivity index (χ3n) is 5.38. The summed E-state index contributed by atoms with van der Waals surface area (Å²) in [7, 11) is 0. The first kappa shape index (κ1) is 18.1. The van der Waals surface area contributed by atoms with Crippen LogP contribution in [0.1, 0.15) is 47.3 Å². The van der Waals surface area contributed by atoms with Crippen molar-refractivity contribution in [1.29, 1.82) is 0 Å². The van der Waals surface area contributed by atoms with Gasteiger partial charge in [-0.2, -0.15) is 0 Å². The first-order valence-electron chi connectivity index (χ1n) is 9.36. The van der Waals surface area contributed by atoms with Crippen molar-refractivity contribution in [3.8, 4) is 0 Å². The van der Waals surface area contributed by atoms with Crippen molar-refractivity contribution < 1.29 is 19.1 Å². The van der Waals surface area contributed by atoms with Gasteiger partial charge in [0.2, 0.25) is 0 Å². The number of nitrogens with two attached hydrogens (primary N) is 2. The SMILES string of the molecule is Nc1cccc2c1CCC2OC(=O)/C=C/C(=O)OC1CCc2c(N)cccc21. The van der Waals surface area contributed by atoms with Crippen molar-refractivity contribution in [2.24, 2.45) is 0 Å². The van der Waals surface area contributed by atoms with Gasteiger partial charge in [0.1, 0.15) is 12.2 Å². The first-order chi connectivity index (χ1) is 13.5. The fourth-order valence-corrected chi connectivity index (χ4v) is 4.03. The van der Waals surface area contributed by atoms with Gasteiger partial charge in [0.15, 0.2) is 0 Å². The Hall–Kier alpha value is -3.28. The van der Waals surface area contributed by atoms with Crippen molar-refractivity contribution in [3.05, 3.63) is 70.8 Å². The lowest BCUT2D eigenvalue weighted by atomic mass is 10.1. The fraction of sp³-hybridized carbons (Fsp3) is 0.273. The molecule has 2 aliphatic rings. The van der Waals surface area contributed by atoms with E-state index in [1.807, 2.05) is 36.4 Å². The highest BCUT2D eigenvalue weighted by atomic mass is 16.5. The molecular formula is C22H22N2O4. The Morgan fingerprint density at radius 2 is 1.21 bits per heavy atom. The minimum atomic E-state index is -0.576. The highest BCUT2D eigenvalue weighted by Crippen LogP contribution is 2.38. The molecule has 6 nitrogen and oxygen atoms in total. The van der Waals surface area contributed by atoms with Crippen molar-refractivity contribution >= 4 is 23.3 Å². The summed E-state index contributed by atoms with van der Waals surface area (Å²) in [6, 6.07) is 11.2. The number of anilines is 2. The van der Waals surface area contributed by atoms with E-state index in [0.717, 1.165) is 47.2 Å². The normalized spacial score (nSPS) is 20.0. The molecule has 0 fully saturated rings. The molecule has 0 aromatic heterocycles. The van der Waals surface area contributed by atoms with Gasteiger partial charge < -0.3 is 20.9 Å². The maximum Gasteiger partial charge on any atom is 0.331 e. The van der Waals surface area contributed by atoms with Crippen LogP contribution in [0.5, 0.6) is 0 Å². The second-order valence-corrected chi connectivity index (χ2v) is 7.09. The van der Waals surface area contributed by atoms with Gasteiger partial charge in [-0.15, -0.1) is 0 Å². The quantitative estimate of drug-likeness (QED) is 0.481. The van der Waals surface area contributed by atoms with Crippen LogP contribution in [0.15, 0.2) is 48.6 Å². The molecule has 2 aromatic carbocycles. The van der Waals surface area contributed by atoms with E-state index in [2.05, 4.69) is 0 Å². The van der Waals surface area contributed by atoms with Gasteiger partial charge in [-0.3, -0.25) is 0 Å². The molecule has 4 N–H and O–H groups in total. The van der Waals surface area contributed by atoms with Crippen molar-refractivity contribution in [1.82, 2.24) is 0 Å². The minimum Gasteiger partial charge on any atom is -0.454 e. The highest BCUT2D eigenvalue weighted by molar-refractivity contribution is 5.92. The van der Waals surface area contributed by atoms with Gasteiger partial charge >= 0.3 is 11.9 Å². The number of nitrogen functional groups attached to an aromatic ring is 2. The van der Waals surface area contributed by atoms with Crippen LogP contribution < -0.4 is 11.5 Å². The van der Waals surface area contributed by atoms with Gasteiger partial charge in [0.05, 0.1) is 0 Å². The average molecular weight is 378 g/mol. The van der Waals surface area contributed by atoms with Crippen LogP contribution in [0.3, 0.4) is 0 Å². The first-order valence-corrected chi connectivity index (χ1v) is 9.36. The topological polar surface area (TPSA) is 105 Å². The summed E-state index contributed by atoms with van der Waals surface area (Å²) >= 11 is 0. The minimum absolute atomic E-state index is 0.337. The molecule has 0 spiro atoms. The summed E-state index contributed by atoms with van der Waals surface area (Å²) in [6.07, 6.45) is 4.48. The molecule has 6 heteroatoms. The van der Waals surface area contributed by atoms with E-state index in [4.69, 9.17) is 20.9 Å². The van der Waals surface area contributed by atoms with Crippen LogP contribution in [0.4, 0.5) is 11.4 Å². The van der Waals surface area contributed by atoms with Crippen LogP contribution >= 0.6 is 0 Å². The summed E-state index contributed by atoms with van der Waals surface area (Å²) in [5.41, 5.74) is 17.3. The molecule has 2 unspecified atom stereocenters. The monoisotopic (exact) mass is 378 g/mol. The van der Waals surface area contributed by atoms with Gasteiger partial charge in [-0.1, -0.05) is 24.3 Å². The Morgan fingerprint density at radius 1 is 0.786 bits per heavy atom. The molecule has 0 saturated heterocycles. The molecule has 4 rings (SSSR count). The summed E-state index contributed by atoms with van der Waals surface area (Å²) in [5, 5.41) is 0. The molecule has 0 amide bonds. The van der Waals surface area contributed by atoms with E-state index in [1.165, 1.54) is 0 Å². The van der Waals surface area contributed by atoms with Crippen LogP contribution in [-0.4, -0.2) is 11.9 Å². The standard InChI is InChI=1S/C22H22N2O4/c23-17-5-1-3-15-13(17)7-9-19(15)27-21(25)11-12-22(26)28-20-10-8-14-16(20)4-2-6-18(14)24/h1-6,11-12,19-20H,7-10,23-24H2/b12-11+. The van der Waals surface area contributed by atoms with E-state index < -0.39 is 11.9 Å². The highest BCUT2D eigenvalue weighted by Gasteiger charge is 2.28. The van der Waals surface area contributed by atoms with Crippen LogP contribution in [0.2, 0.25) is 0 Å². The number of carbonyl (C=O) groups excluding carboxylic acids is 2. The summed E-state index contributed by atoms with van der Waals surface area (Å²) < 4.78 is 11.0. The number of carbonyl (C=O) groups is 2. The molecule has 0 saturated carbocycles. The number of benzene rings is 2. The second-order valence-electron chi connectivity index (χ2n) is 7.09. The Bertz CT molecular complexity index is 890. The Balaban J connectivity index is 1.34. The van der Waals surface area contributed by atoms with E-state index >= 15 is 0 Å². The van der Waals surface area contributed by atoms with E-state index in [-0.39, 0.29) is 12.2 Å². The van der Waals surface area contributed by atoms with Crippen molar-refractivity contribution in [2.75, 3.05) is 11.5 Å². The Kier molecular flexibility index (Phi) is 4.77. The van der Waals surface area contributed by atoms with E-state index in [9.17, 15) is 9.59 Å². The number of fused-ring (bicyclic) bond motifs is 2. The fourth-order valence-electron chi connectivity index (χ4n) is 4.03. The van der Waals surface area contributed by atoms with Gasteiger partial charge in [0.25, 0.3) is 0 Å². The zero-order valence-corrected chi connectivity index (χ0v) is 15.4. The lowest BCUT2D eigenvalue weighted by molar-refractivity contribution is -0.146. The predicted molar refractivity (Wildman–Crippen MR) is 105 cm³/mol. The summed E-state index contributed by atoms with van der Waals surface area (Å²) in [6.45, 7) is 0. The van der Waals surface area contributed by atoms with Gasteiger partial charge in [-0.25, -0.2) is 9.59 Å². The largest absolute Gasteiger partial charge is 0.454 e. The molecule has 144 valence electrons. The lowest BCUT2D eigenvalue weighted by Crippen LogP contribution is -2.10. The number of hydrogen-bond donors (Lipinski definition) is 2. The maximum absolute atomic E-state index is 12.1. The Labute approximate surface area is 163 Å². The molecule has 0 aliphatic heterocycles. The van der Waals surface area contributed by atoms with Gasteiger partial charge in [0, 0.05) is 23.5 Å². The number of hydrogen-bond acceptors (Lipinski definition) is 6. The van der Waals surface area contributed by atoms with Crippen LogP contribution in [0, 0.1) is 0 Å². The third kappa shape index (κ3) is 3.45.